The molecule has 33 heavy (non-hydrogen) atoms. The van der Waals surface area contributed by atoms with E-state index < -0.39 is 6.04 Å². The van der Waals surface area contributed by atoms with Gasteiger partial charge in [-0.25, -0.2) is 0 Å². The molecule has 11 heteroatoms. The molecule has 5 atom stereocenters. The average molecular weight is 450 g/mol. The molecule has 172 valence electrons. The summed E-state index contributed by atoms with van der Waals surface area (Å²) in [5, 5.41) is 23.4. The van der Waals surface area contributed by atoms with Gasteiger partial charge >= 0.3 is 0 Å². The molecule has 5 rings (SSSR count). The van der Waals surface area contributed by atoms with E-state index >= 15 is 0 Å². The van der Waals surface area contributed by atoms with Crippen molar-refractivity contribution in [1.82, 2.24) is 35.3 Å². The first-order valence-corrected chi connectivity index (χ1v) is 11.3. The van der Waals surface area contributed by atoms with Gasteiger partial charge in [-0.1, -0.05) is 18.2 Å². The molecular formula is C22H27N9O2. The number of hydrogen-bond donors (Lipinski definition) is 2. The fourth-order valence-corrected chi connectivity index (χ4v) is 5.49. The molecule has 3 aliphatic heterocycles. The Morgan fingerprint density at radius 3 is 3.00 bits per heavy atom. The number of nitrogens with two attached hydrogens (primary N) is 1. The molecule has 0 saturated carbocycles. The van der Waals surface area contributed by atoms with Crippen LogP contribution in [0.4, 0.5) is 0 Å². The number of carbonyl (C=O) groups excluding carboxylic acids is 2. The van der Waals surface area contributed by atoms with Crippen molar-refractivity contribution >= 4 is 11.8 Å². The molecule has 2 amide bonds. The monoisotopic (exact) mass is 449 g/mol. The zero-order chi connectivity index (χ0) is 23.1. The smallest absolute Gasteiger partial charge is 0.241 e. The summed E-state index contributed by atoms with van der Waals surface area (Å²) in [5.74, 6) is 0.386. The Labute approximate surface area is 191 Å². The summed E-state index contributed by atoms with van der Waals surface area (Å²) in [5.41, 5.74) is 8.08. The molecule has 3 unspecified atom stereocenters. The number of aromatic nitrogens is 4. The fraction of sp³-hybridized carbons (Fsp3) is 0.545. The highest BCUT2D eigenvalue weighted by molar-refractivity contribution is 5.87. The van der Waals surface area contributed by atoms with Crippen LogP contribution in [0.2, 0.25) is 0 Å². The Morgan fingerprint density at radius 1 is 1.42 bits per heavy atom. The van der Waals surface area contributed by atoms with Gasteiger partial charge in [0.15, 0.2) is 0 Å². The molecule has 0 spiro atoms. The van der Waals surface area contributed by atoms with Crippen molar-refractivity contribution in [3.63, 3.8) is 0 Å². The lowest BCUT2D eigenvalue weighted by molar-refractivity contribution is -0.140. The molecule has 4 heterocycles. The van der Waals surface area contributed by atoms with Crippen molar-refractivity contribution in [3.8, 4) is 17.5 Å². The second kappa shape index (κ2) is 8.53. The van der Waals surface area contributed by atoms with Gasteiger partial charge in [0, 0.05) is 31.2 Å². The third kappa shape index (κ3) is 3.75. The zero-order valence-electron chi connectivity index (χ0n) is 18.5. The van der Waals surface area contributed by atoms with Crippen LogP contribution >= 0.6 is 0 Å². The highest BCUT2D eigenvalue weighted by atomic mass is 16.2. The maximum atomic E-state index is 13.3. The van der Waals surface area contributed by atoms with E-state index in [1.54, 1.807) is 4.90 Å². The lowest BCUT2D eigenvalue weighted by atomic mass is 10.0. The van der Waals surface area contributed by atoms with Gasteiger partial charge in [0.05, 0.1) is 24.2 Å². The molecule has 0 radical (unpaired) electrons. The minimum atomic E-state index is -0.733. The number of rotatable bonds is 6. The first kappa shape index (κ1) is 21.5. The first-order chi connectivity index (χ1) is 16.0. The van der Waals surface area contributed by atoms with E-state index in [-0.39, 0.29) is 36.0 Å². The molecular weight excluding hydrogens is 422 g/mol. The largest absolute Gasteiger partial charge is 0.330 e. The fourth-order valence-electron chi connectivity index (χ4n) is 5.49. The third-order valence-corrected chi connectivity index (χ3v) is 7.14. The van der Waals surface area contributed by atoms with Crippen molar-refractivity contribution in [2.24, 2.45) is 5.73 Å². The zero-order valence-corrected chi connectivity index (χ0v) is 18.5. The standard InChI is InChI=1S/C22H27N9O2/c1-13(14-4-2-5-15(8-14)20-25-27-28-26-20)31-17-9-19(22(31)33)29(11-17)12-18(24)21(32)30-7-3-6-16(30)10-23/h2,4-5,8,13,16-19H,3,6-7,9,11-12,24H2,1H3,(H,25,26,27,28)/t13-,16?,17-,18?,19?/m0/s1. The van der Waals surface area contributed by atoms with E-state index in [9.17, 15) is 14.9 Å². The minimum absolute atomic E-state index is 0.0689. The van der Waals surface area contributed by atoms with Crippen LogP contribution in [0.5, 0.6) is 0 Å². The summed E-state index contributed by atoms with van der Waals surface area (Å²) < 4.78 is 0. The molecule has 2 bridgehead atoms. The normalized spacial score (nSPS) is 26.6. The van der Waals surface area contributed by atoms with Crippen molar-refractivity contribution in [2.45, 2.75) is 56.4 Å². The van der Waals surface area contributed by atoms with Crippen LogP contribution in [0.1, 0.15) is 37.8 Å². The van der Waals surface area contributed by atoms with Crippen LogP contribution in [0.25, 0.3) is 11.4 Å². The van der Waals surface area contributed by atoms with Gasteiger partial charge < -0.3 is 15.5 Å². The molecule has 1 aromatic carbocycles. The van der Waals surface area contributed by atoms with E-state index in [2.05, 4.69) is 26.7 Å². The number of benzene rings is 1. The second-order valence-electron chi connectivity index (χ2n) is 9.07. The lowest BCUT2D eigenvalue weighted by Crippen LogP contribution is -2.56. The topological polar surface area (TPSA) is 148 Å². The number of hydrogen-bond acceptors (Lipinski definition) is 8. The Kier molecular flexibility index (Phi) is 5.55. The van der Waals surface area contributed by atoms with Crippen molar-refractivity contribution < 1.29 is 9.59 Å². The SMILES string of the molecule is C[C@@H](c1cccc(-c2nn[nH]n2)c1)N1C(=O)C2C[C@H]1CN2CC(N)C(=O)N1CCCC1C#N. The molecule has 3 saturated heterocycles. The highest BCUT2D eigenvalue weighted by Crippen LogP contribution is 2.38. The summed E-state index contributed by atoms with van der Waals surface area (Å²) >= 11 is 0. The Morgan fingerprint density at radius 2 is 2.27 bits per heavy atom. The van der Waals surface area contributed by atoms with Crippen LogP contribution in [-0.2, 0) is 9.59 Å². The number of tetrazole rings is 1. The van der Waals surface area contributed by atoms with Gasteiger partial charge in [-0.3, -0.25) is 14.5 Å². The maximum absolute atomic E-state index is 13.3. The van der Waals surface area contributed by atoms with Crippen LogP contribution in [0.3, 0.4) is 0 Å². The number of likely N-dealkylation sites (tertiary alicyclic amines) is 3. The Balaban J connectivity index is 1.24. The Bertz CT molecular complexity index is 1080. The first-order valence-electron chi connectivity index (χ1n) is 11.3. The summed E-state index contributed by atoms with van der Waals surface area (Å²) in [4.78, 5) is 31.6. The van der Waals surface area contributed by atoms with E-state index in [0.717, 1.165) is 24.0 Å². The average Bonchev–Trinajstić information content (AvgIpc) is 3.62. The highest BCUT2D eigenvalue weighted by Gasteiger charge is 2.51. The van der Waals surface area contributed by atoms with Crippen LogP contribution in [-0.4, -0.2) is 90.9 Å². The van der Waals surface area contributed by atoms with Crippen LogP contribution < -0.4 is 5.73 Å². The predicted octanol–water partition coefficient (Wildman–Crippen LogP) is 0.0547. The van der Waals surface area contributed by atoms with Crippen LogP contribution in [0, 0.1) is 11.3 Å². The number of aromatic amines is 1. The number of piperazine rings is 1. The molecule has 3 N–H and O–H groups in total. The lowest BCUT2D eigenvalue weighted by Gasteiger charge is -2.38. The number of nitrogens with one attached hydrogen (secondary N) is 1. The molecule has 0 aliphatic carbocycles. The summed E-state index contributed by atoms with van der Waals surface area (Å²) in [6.45, 7) is 3.62. The number of carbonyl (C=O) groups is 2. The van der Waals surface area contributed by atoms with E-state index in [1.807, 2.05) is 41.0 Å². The second-order valence-corrected chi connectivity index (χ2v) is 9.07. The van der Waals surface area contributed by atoms with Crippen molar-refractivity contribution in [1.29, 1.82) is 5.26 Å². The number of fused-ring (bicyclic) bond motifs is 2. The van der Waals surface area contributed by atoms with Crippen LogP contribution in [0.15, 0.2) is 24.3 Å². The van der Waals surface area contributed by atoms with Gasteiger partial charge in [0.2, 0.25) is 17.6 Å². The van der Waals surface area contributed by atoms with Gasteiger partial charge in [-0.05, 0) is 43.0 Å². The maximum Gasteiger partial charge on any atom is 0.241 e. The minimum Gasteiger partial charge on any atom is -0.330 e. The number of nitriles is 1. The van der Waals surface area contributed by atoms with Gasteiger partial charge in [-0.15, -0.1) is 10.2 Å². The van der Waals surface area contributed by atoms with Gasteiger partial charge in [0.25, 0.3) is 0 Å². The predicted molar refractivity (Wildman–Crippen MR) is 117 cm³/mol. The number of nitrogens with zero attached hydrogens (tertiary/aromatic N) is 7. The number of amides is 2. The van der Waals surface area contributed by atoms with Crippen molar-refractivity contribution in [3.05, 3.63) is 29.8 Å². The van der Waals surface area contributed by atoms with Gasteiger partial charge in [0.1, 0.15) is 6.04 Å². The number of H-pyrrole nitrogens is 1. The molecule has 1 aromatic heterocycles. The summed E-state index contributed by atoms with van der Waals surface area (Å²) in [6.07, 6.45) is 2.26. The van der Waals surface area contributed by atoms with E-state index in [4.69, 9.17) is 5.73 Å². The third-order valence-electron chi connectivity index (χ3n) is 7.14. The molecule has 3 fully saturated rings. The molecule has 2 aromatic rings. The molecule has 11 nitrogen and oxygen atoms in total. The van der Waals surface area contributed by atoms with Gasteiger partial charge in [-0.2, -0.15) is 10.5 Å². The Hall–Kier alpha value is -3.36. The summed E-state index contributed by atoms with van der Waals surface area (Å²) in [7, 11) is 0. The van der Waals surface area contributed by atoms with E-state index in [1.165, 1.54) is 0 Å². The van der Waals surface area contributed by atoms with E-state index in [0.29, 0.717) is 31.9 Å². The molecule has 3 aliphatic rings. The quantitative estimate of drug-likeness (QED) is 0.629. The summed E-state index contributed by atoms with van der Waals surface area (Å²) in [6, 6.07) is 8.61. The van der Waals surface area contributed by atoms with Crippen molar-refractivity contribution in [2.75, 3.05) is 19.6 Å².